The third-order valence-corrected chi connectivity index (χ3v) is 10.5. The molecule has 4 bridgehead atoms. The van der Waals surface area contributed by atoms with Gasteiger partial charge in [-0.15, -0.1) is 11.3 Å². The lowest BCUT2D eigenvalue weighted by molar-refractivity contribution is -0.124. The Morgan fingerprint density at radius 3 is 2.34 bits per heavy atom. The summed E-state index contributed by atoms with van der Waals surface area (Å²) in [5.41, 5.74) is 3.75. The largest absolute Gasteiger partial charge is 0.350 e. The number of thiophene rings is 1. The summed E-state index contributed by atoms with van der Waals surface area (Å²) in [4.78, 5) is 32.9. The van der Waals surface area contributed by atoms with Crippen molar-refractivity contribution in [1.29, 1.82) is 0 Å². The second-order valence-corrected chi connectivity index (χ2v) is 13.4. The van der Waals surface area contributed by atoms with Crippen LogP contribution in [0.2, 0.25) is 0 Å². The van der Waals surface area contributed by atoms with Crippen LogP contribution in [0.15, 0.2) is 69.9 Å². The molecule has 0 atom stereocenters. The fourth-order valence-corrected chi connectivity index (χ4v) is 9.35. The van der Waals surface area contributed by atoms with Crippen LogP contribution in [0, 0.1) is 24.7 Å². The number of aryl methyl sites for hydroxylation is 1. The Labute approximate surface area is 230 Å². The summed E-state index contributed by atoms with van der Waals surface area (Å²) in [6.45, 7) is 2.06. The van der Waals surface area contributed by atoms with E-state index >= 15 is 0 Å². The molecule has 4 saturated carbocycles. The molecular formula is C31H31N3O2S2. The number of carbonyl (C=O) groups is 1. The number of para-hydroxylation sites is 1. The van der Waals surface area contributed by atoms with Crippen molar-refractivity contribution in [3.63, 3.8) is 0 Å². The first-order valence-corrected chi connectivity index (χ1v) is 15.4. The Kier molecular flexibility index (Phi) is 5.97. The number of thioether (sulfide) groups is 1. The van der Waals surface area contributed by atoms with Gasteiger partial charge in [0.25, 0.3) is 5.56 Å². The number of hydrogen-bond donors (Lipinski definition) is 1. The molecule has 4 aliphatic carbocycles. The maximum absolute atomic E-state index is 14.0. The molecule has 7 heteroatoms. The van der Waals surface area contributed by atoms with Gasteiger partial charge in [0.2, 0.25) is 5.91 Å². The van der Waals surface area contributed by atoms with E-state index in [0.29, 0.717) is 15.4 Å². The first kappa shape index (κ1) is 24.2. The molecule has 4 aromatic rings. The molecule has 38 heavy (non-hydrogen) atoms. The van der Waals surface area contributed by atoms with E-state index in [-0.39, 0.29) is 22.8 Å². The SMILES string of the molecule is Cc1ccc(-c2csc3nc(SCC(=O)NC45CC6CC(CC(C6)C4)C5)n(-c4ccccc4)c(=O)c23)cc1. The summed E-state index contributed by atoms with van der Waals surface area (Å²) >= 11 is 2.85. The molecule has 4 fully saturated rings. The van der Waals surface area contributed by atoms with Crippen LogP contribution in [0.4, 0.5) is 0 Å². The maximum atomic E-state index is 14.0. The third kappa shape index (κ3) is 4.30. The van der Waals surface area contributed by atoms with Crippen LogP contribution < -0.4 is 10.9 Å². The molecule has 4 aliphatic rings. The Morgan fingerprint density at radius 2 is 1.68 bits per heavy atom. The minimum absolute atomic E-state index is 0.0143. The topological polar surface area (TPSA) is 64.0 Å². The summed E-state index contributed by atoms with van der Waals surface area (Å²) < 4.78 is 1.68. The van der Waals surface area contributed by atoms with E-state index in [0.717, 1.165) is 53.8 Å². The second-order valence-electron chi connectivity index (χ2n) is 11.6. The number of rotatable bonds is 6. The van der Waals surface area contributed by atoms with Crippen LogP contribution in [-0.2, 0) is 4.79 Å². The van der Waals surface area contributed by atoms with Crippen LogP contribution in [0.1, 0.15) is 44.1 Å². The van der Waals surface area contributed by atoms with E-state index in [4.69, 9.17) is 4.98 Å². The molecule has 194 valence electrons. The van der Waals surface area contributed by atoms with Gasteiger partial charge in [-0.25, -0.2) is 4.98 Å². The predicted molar refractivity (Wildman–Crippen MR) is 155 cm³/mol. The van der Waals surface area contributed by atoms with Gasteiger partial charge in [-0.05, 0) is 80.9 Å². The average Bonchev–Trinajstić information content (AvgIpc) is 3.32. The van der Waals surface area contributed by atoms with Gasteiger partial charge in [0.05, 0.1) is 16.8 Å². The zero-order valence-corrected chi connectivity index (χ0v) is 23.1. The molecule has 1 amide bonds. The zero-order valence-electron chi connectivity index (χ0n) is 21.5. The van der Waals surface area contributed by atoms with Gasteiger partial charge in [-0.2, -0.15) is 0 Å². The van der Waals surface area contributed by atoms with E-state index in [9.17, 15) is 9.59 Å². The van der Waals surface area contributed by atoms with Crippen LogP contribution >= 0.6 is 23.1 Å². The standard InChI is InChI=1S/C31H31N3O2S2/c1-19-7-9-23(10-8-19)25-17-37-28-27(25)29(36)34(24-5-3-2-4-6-24)30(32-28)38-18-26(35)33-31-14-20-11-21(15-31)13-22(12-20)16-31/h2-10,17,20-22H,11-16,18H2,1H3,(H,33,35). The minimum atomic E-state index is -0.0954. The van der Waals surface area contributed by atoms with Gasteiger partial charge < -0.3 is 5.32 Å². The highest BCUT2D eigenvalue weighted by atomic mass is 32.2. The van der Waals surface area contributed by atoms with Crippen molar-refractivity contribution in [3.8, 4) is 16.8 Å². The molecule has 2 aromatic heterocycles. The van der Waals surface area contributed by atoms with Crippen LogP contribution in [-0.4, -0.2) is 26.8 Å². The lowest BCUT2D eigenvalue weighted by Crippen LogP contribution is -2.60. The van der Waals surface area contributed by atoms with Crippen molar-refractivity contribution in [2.45, 2.75) is 56.1 Å². The summed E-state index contributed by atoms with van der Waals surface area (Å²) in [7, 11) is 0. The number of hydrogen-bond acceptors (Lipinski definition) is 5. The highest BCUT2D eigenvalue weighted by molar-refractivity contribution is 7.99. The number of amides is 1. The second kappa shape index (κ2) is 9.38. The summed E-state index contributed by atoms with van der Waals surface area (Å²) in [5, 5.41) is 6.68. The normalized spacial score (nSPS) is 25.7. The first-order valence-electron chi connectivity index (χ1n) is 13.6. The van der Waals surface area contributed by atoms with Gasteiger partial charge >= 0.3 is 0 Å². The molecule has 8 rings (SSSR count). The molecule has 1 N–H and O–H groups in total. The van der Waals surface area contributed by atoms with Crippen LogP contribution in [0.25, 0.3) is 27.0 Å². The van der Waals surface area contributed by atoms with E-state index in [2.05, 4.69) is 36.5 Å². The van der Waals surface area contributed by atoms with Crippen molar-refractivity contribution in [2.24, 2.45) is 17.8 Å². The quantitative estimate of drug-likeness (QED) is 0.221. The van der Waals surface area contributed by atoms with E-state index in [1.54, 1.807) is 4.57 Å². The molecule has 2 aromatic carbocycles. The van der Waals surface area contributed by atoms with E-state index in [1.807, 2.05) is 35.7 Å². The maximum Gasteiger partial charge on any atom is 0.268 e. The zero-order chi connectivity index (χ0) is 25.9. The molecule has 5 nitrogen and oxygen atoms in total. The lowest BCUT2D eigenvalue weighted by atomic mass is 9.53. The van der Waals surface area contributed by atoms with Crippen LogP contribution in [0.5, 0.6) is 0 Å². The highest BCUT2D eigenvalue weighted by Crippen LogP contribution is 2.55. The van der Waals surface area contributed by atoms with Gasteiger partial charge in [-0.3, -0.25) is 14.2 Å². The molecular weight excluding hydrogens is 510 g/mol. The number of aromatic nitrogens is 2. The Hall–Kier alpha value is -2.90. The van der Waals surface area contributed by atoms with Gasteiger partial charge in [0.15, 0.2) is 5.16 Å². The first-order chi connectivity index (χ1) is 18.5. The van der Waals surface area contributed by atoms with E-state index in [1.165, 1.54) is 47.9 Å². The monoisotopic (exact) mass is 541 g/mol. The number of fused-ring (bicyclic) bond motifs is 1. The molecule has 0 unspecified atom stereocenters. The molecule has 0 saturated heterocycles. The predicted octanol–water partition coefficient (Wildman–Crippen LogP) is 6.60. The Balaban J connectivity index is 1.21. The highest BCUT2D eigenvalue weighted by Gasteiger charge is 2.51. The van der Waals surface area contributed by atoms with Gasteiger partial charge in [-0.1, -0.05) is 59.8 Å². The Bertz CT molecular complexity index is 1540. The van der Waals surface area contributed by atoms with Crippen molar-refractivity contribution in [1.82, 2.24) is 14.9 Å². The number of nitrogens with zero attached hydrogens (tertiary/aromatic N) is 2. The van der Waals surface area contributed by atoms with Crippen molar-refractivity contribution >= 4 is 39.2 Å². The van der Waals surface area contributed by atoms with Crippen LogP contribution in [0.3, 0.4) is 0 Å². The molecule has 2 heterocycles. The van der Waals surface area contributed by atoms with Crippen molar-refractivity contribution in [3.05, 3.63) is 75.9 Å². The lowest BCUT2D eigenvalue weighted by Gasteiger charge is -2.56. The fraction of sp³-hybridized carbons (Fsp3) is 0.387. The number of carbonyl (C=O) groups excluding carboxylic acids is 1. The van der Waals surface area contributed by atoms with Crippen molar-refractivity contribution in [2.75, 3.05) is 5.75 Å². The van der Waals surface area contributed by atoms with Crippen molar-refractivity contribution < 1.29 is 4.79 Å². The number of nitrogens with one attached hydrogen (secondary N) is 1. The smallest absolute Gasteiger partial charge is 0.268 e. The summed E-state index contributed by atoms with van der Waals surface area (Å²) in [5.74, 6) is 2.65. The third-order valence-electron chi connectivity index (χ3n) is 8.73. The molecule has 0 radical (unpaired) electrons. The van der Waals surface area contributed by atoms with Gasteiger partial charge in [0, 0.05) is 16.5 Å². The minimum Gasteiger partial charge on any atom is -0.350 e. The Morgan fingerprint density at radius 1 is 1.03 bits per heavy atom. The van der Waals surface area contributed by atoms with Gasteiger partial charge in [0.1, 0.15) is 4.83 Å². The average molecular weight is 542 g/mol. The number of benzene rings is 2. The molecule has 0 spiro atoms. The fourth-order valence-electron chi connectivity index (χ4n) is 7.55. The summed E-state index contributed by atoms with van der Waals surface area (Å²) in [6.07, 6.45) is 7.44. The summed E-state index contributed by atoms with van der Waals surface area (Å²) in [6, 6.07) is 17.9. The molecule has 0 aliphatic heterocycles. The van der Waals surface area contributed by atoms with E-state index < -0.39 is 0 Å².